The predicted molar refractivity (Wildman–Crippen MR) is 99.1 cm³/mol. The SMILES string of the molecule is O=C(Cc1ccccc1)N[C@H]1CC[C@H](CC(=O)N2CCOCC2)O[C@@H]1CO. The van der Waals surface area contributed by atoms with E-state index in [0.717, 1.165) is 5.56 Å². The summed E-state index contributed by atoms with van der Waals surface area (Å²) in [6.45, 7) is 2.21. The summed E-state index contributed by atoms with van der Waals surface area (Å²) in [4.78, 5) is 26.5. The summed E-state index contributed by atoms with van der Waals surface area (Å²) in [5.74, 6) is -0.0253. The number of carbonyl (C=O) groups excluding carboxylic acids is 2. The predicted octanol–water partition coefficient (Wildman–Crippen LogP) is 0.503. The zero-order valence-electron chi connectivity index (χ0n) is 15.5. The first kappa shape index (κ1) is 19.8. The third-order valence-electron chi connectivity index (χ3n) is 5.12. The summed E-state index contributed by atoms with van der Waals surface area (Å²) in [6, 6.07) is 9.30. The molecule has 7 heteroatoms. The molecular weight excluding hydrogens is 348 g/mol. The second-order valence-electron chi connectivity index (χ2n) is 7.09. The van der Waals surface area contributed by atoms with Crippen LogP contribution < -0.4 is 5.32 Å². The first-order valence-corrected chi connectivity index (χ1v) is 9.61. The van der Waals surface area contributed by atoms with Gasteiger partial charge in [0.1, 0.15) is 6.10 Å². The number of morpholine rings is 1. The minimum atomic E-state index is -0.485. The molecule has 0 spiro atoms. The molecule has 2 saturated heterocycles. The number of amides is 2. The fraction of sp³-hybridized carbons (Fsp3) is 0.600. The van der Waals surface area contributed by atoms with Gasteiger partial charge in [0.2, 0.25) is 11.8 Å². The maximum absolute atomic E-state index is 12.4. The molecule has 2 aliphatic heterocycles. The van der Waals surface area contributed by atoms with Crippen LogP contribution in [0, 0.1) is 0 Å². The molecule has 3 rings (SSSR count). The van der Waals surface area contributed by atoms with Crippen molar-refractivity contribution in [3.05, 3.63) is 35.9 Å². The van der Waals surface area contributed by atoms with Crippen LogP contribution in [0.25, 0.3) is 0 Å². The van der Waals surface area contributed by atoms with E-state index in [4.69, 9.17) is 9.47 Å². The van der Waals surface area contributed by atoms with Crippen molar-refractivity contribution in [1.29, 1.82) is 0 Å². The van der Waals surface area contributed by atoms with Gasteiger partial charge in [-0.15, -0.1) is 0 Å². The molecule has 0 aromatic heterocycles. The number of hydrogen-bond acceptors (Lipinski definition) is 5. The van der Waals surface area contributed by atoms with Gasteiger partial charge >= 0.3 is 0 Å². The zero-order chi connectivity index (χ0) is 19.1. The van der Waals surface area contributed by atoms with Crippen LogP contribution in [0.5, 0.6) is 0 Å². The number of rotatable bonds is 6. The normalized spacial score (nSPS) is 25.8. The van der Waals surface area contributed by atoms with E-state index >= 15 is 0 Å². The second kappa shape index (κ2) is 9.82. The van der Waals surface area contributed by atoms with Crippen LogP contribution >= 0.6 is 0 Å². The molecule has 7 nitrogen and oxygen atoms in total. The van der Waals surface area contributed by atoms with E-state index in [1.165, 1.54) is 0 Å². The van der Waals surface area contributed by atoms with Crippen LogP contribution in [0.15, 0.2) is 30.3 Å². The van der Waals surface area contributed by atoms with Crippen LogP contribution in [0.1, 0.15) is 24.8 Å². The molecule has 0 unspecified atom stereocenters. The molecule has 0 aliphatic carbocycles. The Balaban J connectivity index is 1.47. The summed E-state index contributed by atoms with van der Waals surface area (Å²) in [5, 5.41) is 12.6. The van der Waals surface area contributed by atoms with E-state index in [-0.39, 0.29) is 30.6 Å². The van der Waals surface area contributed by atoms with Crippen molar-refractivity contribution < 1.29 is 24.2 Å². The van der Waals surface area contributed by atoms with E-state index in [1.807, 2.05) is 30.3 Å². The van der Waals surface area contributed by atoms with E-state index in [9.17, 15) is 14.7 Å². The Kier molecular flexibility index (Phi) is 7.20. The summed E-state index contributed by atoms with van der Waals surface area (Å²) in [6.07, 6.45) is 1.27. The Morgan fingerprint density at radius 2 is 1.89 bits per heavy atom. The topological polar surface area (TPSA) is 88.1 Å². The summed E-state index contributed by atoms with van der Waals surface area (Å²) < 4.78 is 11.2. The van der Waals surface area contributed by atoms with Gasteiger partial charge in [0.05, 0.1) is 44.8 Å². The molecule has 2 N–H and O–H groups in total. The molecule has 3 atom stereocenters. The van der Waals surface area contributed by atoms with Gasteiger partial charge in [-0.05, 0) is 18.4 Å². The monoisotopic (exact) mass is 376 g/mol. The number of aliphatic hydroxyl groups excluding tert-OH is 1. The molecule has 2 amide bonds. The molecular formula is C20H28N2O5. The minimum absolute atomic E-state index is 0.0616. The quantitative estimate of drug-likeness (QED) is 0.755. The molecule has 1 aromatic rings. The average Bonchev–Trinajstić information content (AvgIpc) is 2.70. The standard InChI is InChI=1S/C20H28N2O5/c23-14-18-17(21-19(24)12-15-4-2-1-3-5-15)7-6-16(27-18)13-20(25)22-8-10-26-11-9-22/h1-5,16-18,23H,6-14H2,(H,21,24)/t16-,17+,18-/m1/s1. The summed E-state index contributed by atoms with van der Waals surface area (Å²) >= 11 is 0. The number of hydrogen-bond donors (Lipinski definition) is 2. The van der Waals surface area contributed by atoms with Gasteiger partial charge in [-0.2, -0.15) is 0 Å². The lowest BCUT2D eigenvalue weighted by Crippen LogP contribution is -2.52. The lowest BCUT2D eigenvalue weighted by molar-refractivity contribution is -0.145. The third kappa shape index (κ3) is 5.76. The minimum Gasteiger partial charge on any atom is -0.394 e. The van der Waals surface area contributed by atoms with Gasteiger partial charge in [0, 0.05) is 13.1 Å². The molecule has 0 saturated carbocycles. The highest BCUT2D eigenvalue weighted by Crippen LogP contribution is 2.23. The van der Waals surface area contributed by atoms with Crippen LogP contribution in [-0.2, 0) is 25.5 Å². The van der Waals surface area contributed by atoms with E-state index in [0.29, 0.717) is 52.0 Å². The largest absolute Gasteiger partial charge is 0.394 e. The number of ether oxygens (including phenoxy) is 2. The smallest absolute Gasteiger partial charge is 0.225 e. The Hall–Kier alpha value is -1.96. The Bertz CT molecular complexity index is 618. The van der Waals surface area contributed by atoms with E-state index in [2.05, 4.69) is 5.32 Å². The maximum atomic E-state index is 12.4. The third-order valence-corrected chi connectivity index (χ3v) is 5.12. The first-order valence-electron chi connectivity index (χ1n) is 9.61. The average molecular weight is 376 g/mol. The fourth-order valence-corrected chi connectivity index (χ4v) is 3.62. The van der Waals surface area contributed by atoms with E-state index in [1.54, 1.807) is 4.90 Å². The van der Waals surface area contributed by atoms with Crippen molar-refractivity contribution in [2.24, 2.45) is 0 Å². The number of aliphatic hydroxyl groups is 1. The van der Waals surface area contributed by atoms with Crippen molar-refractivity contribution in [1.82, 2.24) is 10.2 Å². The van der Waals surface area contributed by atoms with Gasteiger partial charge in [0.25, 0.3) is 0 Å². The molecule has 0 radical (unpaired) electrons. The fourth-order valence-electron chi connectivity index (χ4n) is 3.62. The maximum Gasteiger partial charge on any atom is 0.225 e. The van der Waals surface area contributed by atoms with Gasteiger partial charge in [-0.1, -0.05) is 30.3 Å². The highest BCUT2D eigenvalue weighted by molar-refractivity contribution is 5.79. The number of carbonyl (C=O) groups is 2. The lowest BCUT2D eigenvalue weighted by atomic mass is 9.96. The second-order valence-corrected chi connectivity index (χ2v) is 7.09. The number of nitrogens with zero attached hydrogens (tertiary/aromatic N) is 1. The van der Waals surface area contributed by atoms with Crippen LogP contribution in [-0.4, -0.2) is 73.0 Å². The molecule has 2 heterocycles. The Morgan fingerprint density at radius 3 is 2.59 bits per heavy atom. The van der Waals surface area contributed by atoms with E-state index < -0.39 is 6.10 Å². The molecule has 27 heavy (non-hydrogen) atoms. The highest BCUT2D eigenvalue weighted by atomic mass is 16.5. The first-order chi connectivity index (χ1) is 13.2. The van der Waals surface area contributed by atoms with Crippen molar-refractivity contribution in [2.45, 2.75) is 43.9 Å². The van der Waals surface area contributed by atoms with Gasteiger partial charge in [0.15, 0.2) is 0 Å². The molecule has 148 valence electrons. The highest BCUT2D eigenvalue weighted by Gasteiger charge is 2.33. The van der Waals surface area contributed by atoms with Gasteiger partial charge in [-0.25, -0.2) is 0 Å². The summed E-state index contributed by atoms with van der Waals surface area (Å²) in [5.41, 5.74) is 0.946. The molecule has 2 aliphatic rings. The number of nitrogens with one attached hydrogen (secondary N) is 1. The Labute approximate surface area is 159 Å². The van der Waals surface area contributed by atoms with Crippen molar-refractivity contribution in [2.75, 3.05) is 32.9 Å². The van der Waals surface area contributed by atoms with Gasteiger partial charge < -0.3 is 24.8 Å². The summed E-state index contributed by atoms with van der Waals surface area (Å²) in [7, 11) is 0. The van der Waals surface area contributed by atoms with Crippen molar-refractivity contribution in [3.63, 3.8) is 0 Å². The van der Waals surface area contributed by atoms with Gasteiger partial charge in [-0.3, -0.25) is 9.59 Å². The van der Waals surface area contributed by atoms with Crippen LogP contribution in [0.3, 0.4) is 0 Å². The molecule has 2 fully saturated rings. The lowest BCUT2D eigenvalue weighted by Gasteiger charge is -2.37. The van der Waals surface area contributed by atoms with Crippen molar-refractivity contribution in [3.8, 4) is 0 Å². The van der Waals surface area contributed by atoms with Crippen LogP contribution in [0.2, 0.25) is 0 Å². The molecule has 1 aromatic carbocycles. The zero-order valence-corrected chi connectivity index (χ0v) is 15.5. The number of benzene rings is 1. The van der Waals surface area contributed by atoms with Crippen LogP contribution in [0.4, 0.5) is 0 Å². The van der Waals surface area contributed by atoms with Crippen molar-refractivity contribution >= 4 is 11.8 Å². The Morgan fingerprint density at radius 1 is 1.15 bits per heavy atom. The molecule has 0 bridgehead atoms.